The van der Waals surface area contributed by atoms with Gasteiger partial charge in [-0.1, -0.05) is 37.3 Å². The Morgan fingerprint density at radius 3 is 2.47 bits per heavy atom. The van der Waals surface area contributed by atoms with Crippen LogP contribution in [0.1, 0.15) is 31.7 Å². The van der Waals surface area contributed by atoms with Gasteiger partial charge in [-0.2, -0.15) is 0 Å². The molecule has 94 valence electrons. The maximum Gasteiger partial charge on any atom is 0.236 e. The van der Waals surface area contributed by atoms with Gasteiger partial charge in [-0.15, -0.1) is 0 Å². The van der Waals surface area contributed by atoms with Gasteiger partial charge in [-0.25, -0.2) is 0 Å². The van der Waals surface area contributed by atoms with Crippen LogP contribution in [0, 0.1) is 0 Å². The summed E-state index contributed by atoms with van der Waals surface area (Å²) in [6, 6.07) is 10.3. The lowest BCUT2D eigenvalue weighted by atomic mass is 9.98. The normalized spacial score (nSPS) is 14.1. The molecule has 17 heavy (non-hydrogen) atoms. The van der Waals surface area contributed by atoms with Gasteiger partial charge in [0.1, 0.15) is 0 Å². The molecule has 3 nitrogen and oxygen atoms in total. The molecule has 0 aliphatic heterocycles. The van der Waals surface area contributed by atoms with Crippen molar-refractivity contribution in [2.24, 2.45) is 0 Å². The summed E-state index contributed by atoms with van der Waals surface area (Å²) in [5, 5.41) is 5.86. The summed E-state index contributed by atoms with van der Waals surface area (Å²) in [5.74, 6) is 0.536. The molecule has 1 rings (SSSR count). The topological polar surface area (TPSA) is 41.1 Å². The minimum Gasteiger partial charge on any atom is -0.355 e. The van der Waals surface area contributed by atoms with Crippen LogP contribution in [0.3, 0.4) is 0 Å². The summed E-state index contributed by atoms with van der Waals surface area (Å²) in [7, 11) is 1.79. The second kappa shape index (κ2) is 7.07. The molecule has 0 saturated carbocycles. The predicted octanol–water partition coefficient (Wildman–Crippen LogP) is 1.90. The Bertz CT molecular complexity index is 337. The third kappa shape index (κ3) is 4.57. The van der Waals surface area contributed by atoms with Gasteiger partial charge in [0, 0.05) is 6.54 Å². The first-order chi connectivity index (χ1) is 8.15. The molecule has 2 atom stereocenters. The maximum atomic E-state index is 11.5. The van der Waals surface area contributed by atoms with Crippen molar-refractivity contribution in [1.29, 1.82) is 0 Å². The minimum absolute atomic E-state index is 0.0627. The molecule has 2 N–H and O–H groups in total. The van der Waals surface area contributed by atoms with E-state index in [0.717, 1.165) is 13.0 Å². The Hall–Kier alpha value is -1.35. The lowest BCUT2D eigenvalue weighted by molar-refractivity contribution is -0.122. The molecule has 0 saturated heterocycles. The van der Waals surface area contributed by atoms with Crippen LogP contribution in [-0.4, -0.2) is 25.5 Å². The third-order valence-corrected chi connectivity index (χ3v) is 3.07. The summed E-state index contributed by atoms with van der Waals surface area (Å²) in [4.78, 5) is 11.5. The Balaban J connectivity index is 2.30. The fraction of sp³-hybridized carbons (Fsp3) is 0.500. The second-order valence-corrected chi connectivity index (χ2v) is 4.40. The standard InChI is InChI=1S/C14H22N2O/c1-11(13-7-5-4-6-8-13)9-10-16-14(17)12(2)15-3/h4-8,11-12,15H,9-10H2,1-3H3,(H,16,17). The lowest BCUT2D eigenvalue weighted by Crippen LogP contribution is -2.40. The van der Waals surface area contributed by atoms with Crippen LogP contribution in [0.5, 0.6) is 0 Å². The highest BCUT2D eigenvalue weighted by atomic mass is 16.2. The van der Waals surface area contributed by atoms with Crippen molar-refractivity contribution in [2.75, 3.05) is 13.6 Å². The fourth-order valence-corrected chi connectivity index (χ4v) is 1.64. The molecule has 0 aromatic heterocycles. The quantitative estimate of drug-likeness (QED) is 0.789. The highest BCUT2D eigenvalue weighted by Gasteiger charge is 2.10. The van der Waals surface area contributed by atoms with Crippen LogP contribution in [0.4, 0.5) is 0 Å². The number of nitrogens with one attached hydrogen (secondary N) is 2. The van der Waals surface area contributed by atoms with Crippen molar-refractivity contribution in [1.82, 2.24) is 10.6 Å². The van der Waals surface area contributed by atoms with Crippen molar-refractivity contribution in [2.45, 2.75) is 32.2 Å². The number of amides is 1. The molecular weight excluding hydrogens is 212 g/mol. The zero-order valence-electron chi connectivity index (χ0n) is 10.9. The molecule has 1 aromatic carbocycles. The Morgan fingerprint density at radius 1 is 1.24 bits per heavy atom. The average molecular weight is 234 g/mol. The van der Waals surface area contributed by atoms with Crippen LogP contribution in [-0.2, 0) is 4.79 Å². The third-order valence-electron chi connectivity index (χ3n) is 3.07. The number of hydrogen-bond donors (Lipinski definition) is 2. The van der Waals surface area contributed by atoms with Gasteiger partial charge in [-0.05, 0) is 31.9 Å². The molecule has 0 fully saturated rings. The number of hydrogen-bond acceptors (Lipinski definition) is 2. The maximum absolute atomic E-state index is 11.5. The van der Waals surface area contributed by atoms with E-state index in [1.807, 2.05) is 25.1 Å². The van der Waals surface area contributed by atoms with Gasteiger partial charge in [0.15, 0.2) is 0 Å². The van der Waals surface area contributed by atoms with Gasteiger partial charge in [0.05, 0.1) is 6.04 Å². The average Bonchev–Trinajstić information content (AvgIpc) is 2.38. The van der Waals surface area contributed by atoms with Gasteiger partial charge in [-0.3, -0.25) is 4.79 Å². The Labute approximate surface area is 104 Å². The first-order valence-corrected chi connectivity index (χ1v) is 6.15. The van der Waals surface area contributed by atoms with Crippen molar-refractivity contribution in [3.63, 3.8) is 0 Å². The smallest absolute Gasteiger partial charge is 0.236 e. The number of benzene rings is 1. The first-order valence-electron chi connectivity index (χ1n) is 6.15. The summed E-state index contributed by atoms with van der Waals surface area (Å²) in [6.07, 6.45) is 0.964. The van der Waals surface area contributed by atoms with Gasteiger partial charge in [0.2, 0.25) is 5.91 Å². The molecule has 0 bridgehead atoms. The van der Waals surface area contributed by atoms with Crippen molar-refractivity contribution < 1.29 is 4.79 Å². The van der Waals surface area contributed by atoms with Crippen LogP contribution >= 0.6 is 0 Å². The Kier molecular flexibility index (Phi) is 5.70. The molecule has 0 radical (unpaired) electrons. The molecule has 1 aromatic rings. The zero-order chi connectivity index (χ0) is 12.7. The van der Waals surface area contributed by atoms with E-state index in [0.29, 0.717) is 5.92 Å². The molecule has 0 aliphatic carbocycles. The highest BCUT2D eigenvalue weighted by Crippen LogP contribution is 2.17. The fourth-order valence-electron chi connectivity index (χ4n) is 1.64. The van der Waals surface area contributed by atoms with Crippen molar-refractivity contribution >= 4 is 5.91 Å². The highest BCUT2D eigenvalue weighted by molar-refractivity contribution is 5.81. The van der Waals surface area contributed by atoms with E-state index in [9.17, 15) is 4.79 Å². The zero-order valence-corrected chi connectivity index (χ0v) is 10.9. The van der Waals surface area contributed by atoms with Crippen molar-refractivity contribution in [3.8, 4) is 0 Å². The van der Waals surface area contributed by atoms with E-state index in [1.54, 1.807) is 7.05 Å². The summed E-state index contributed by atoms with van der Waals surface area (Å²) in [5.41, 5.74) is 1.32. The van der Waals surface area contributed by atoms with Crippen molar-refractivity contribution in [3.05, 3.63) is 35.9 Å². The summed E-state index contributed by atoms with van der Waals surface area (Å²) in [6.45, 7) is 4.76. The molecule has 3 heteroatoms. The van der Waals surface area contributed by atoms with E-state index in [1.165, 1.54) is 5.56 Å². The van der Waals surface area contributed by atoms with Gasteiger partial charge >= 0.3 is 0 Å². The number of likely N-dealkylation sites (N-methyl/N-ethyl adjacent to an activating group) is 1. The largest absolute Gasteiger partial charge is 0.355 e. The van der Waals surface area contributed by atoms with E-state index < -0.39 is 0 Å². The molecule has 0 heterocycles. The second-order valence-electron chi connectivity index (χ2n) is 4.40. The monoisotopic (exact) mass is 234 g/mol. The summed E-state index contributed by atoms with van der Waals surface area (Å²) < 4.78 is 0. The molecule has 2 unspecified atom stereocenters. The predicted molar refractivity (Wildman–Crippen MR) is 71.0 cm³/mol. The summed E-state index contributed by atoms with van der Waals surface area (Å²) >= 11 is 0. The van der Waals surface area contributed by atoms with Crippen LogP contribution in [0.25, 0.3) is 0 Å². The van der Waals surface area contributed by atoms with Gasteiger partial charge < -0.3 is 10.6 Å². The van der Waals surface area contributed by atoms with Crippen LogP contribution < -0.4 is 10.6 Å². The number of carbonyl (C=O) groups excluding carboxylic acids is 1. The molecular formula is C14H22N2O. The SMILES string of the molecule is CNC(C)C(=O)NCCC(C)c1ccccc1. The van der Waals surface area contributed by atoms with E-state index in [-0.39, 0.29) is 11.9 Å². The number of rotatable bonds is 6. The minimum atomic E-state index is -0.123. The number of carbonyl (C=O) groups is 1. The Morgan fingerprint density at radius 2 is 1.88 bits per heavy atom. The first kappa shape index (κ1) is 13.7. The van der Waals surface area contributed by atoms with E-state index in [4.69, 9.17) is 0 Å². The molecule has 0 aliphatic rings. The lowest BCUT2D eigenvalue weighted by Gasteiger charge is -2.14. The molecule has 1 amide bonds. The van der Waals surface area contributed by atoms with E-state index in [2.05, 4.69) is 29.7 Å². The van der Waals surface area contributed by atoms with Gasteiger partial charge in [0.25, 0.3) is 0 Å². The molecule has 0 spiro atoms. The van der Waals surface area contributed by atoms with Crippen LogP contribution in [0.15, 0.2) is 30.3 Å². The van der Waals surface area contributed by atoms with E-state index >= 15 is 0 Å². The van der Waals surface area contributed by atoms with Crippen LogP contribution in [0.2, 0.25) is 0 Å².